The van der Waals surface area contributed by atoms with Gasteiger partial charge in [-0.15, -0.1) is 0 Å². The van der Waals surface area contributed by atoms with Gasteiger partial charge in [-0.3, -0.25) is 0 Å². The Hall–Kier alpha value is -1.58. The summed E-state index contributed by atoms with van der Waals surface area (Å²) in [4.78, 5) is 0. The average molecular weight is 273 g/mol. The molecular formula is C17H23NO2. The molecule has 0 aliphatic carbocycles. The van der Waals surface area contributed by atoms with Crippen molar-refractivity contribution in [2.75, 3.05) is 13.7 Å². The molecule has 0 aliphatic rings. The molecule has 0 radical (unpaired) electrons. The van der Waals surface area contributed by atoms with Crippen molar-refractivity contribution in [1.82, 2.24) is 5.32 Å². The van der Waals surface area contributed by atoms with Crippen molar-refractivity contribution in [3.8, 4) is 0 Å². The maximum atomic E-state index is 5.89. The van der Waals surface area contributed by atoms with E-state index in [1.807, 2.05) is 12.1 Å². The first-order chi connectivity index (χ1) is 9.63. The predicted octanol–water partition coefficient (Wildman–Crippen LogP) is 3.74. The molecule has 20 heavy (non-hydrogen) atoms. The Balaban J connectivity index is 2.33. The van der Waals surface area contributed by atoms with Gasteiger partial charge in [0, 0.05) is 7.11 Å². The summed E-state index contributed by atoms with van der Waals surface area (Å²) in [6.45, 7) is 7.74. The van der Waals surface area contributed by atoms with E-state index in [9.17, 15) is 0 Å². The van der Waals surface area contributed by atoms with Crippen LogP contribution in [-0.2, 0) is 11.3 Å². The van der Waals surface area contributed by atoms with E-state index in [2.05, 4.69) is 44.3 Å². The lowest BCUT2D eigenvalue weighted by atomic mass is 9.99. The fourth-order valence-corrected chi connectivity index (χ4v) is 2.53. The predicted molar refractivity (Wildman–Crippen MR) is 80.9 cm³/mol. The quantitative estimate of drug-likeness (QED) is 0.870. The van der Waals surface area contributed by atoms with Gasteiger partial charge >= 0.3 is 0 Å². The van der Waals surface area contributed by atoms with E-state index in [0.29, 0.717) is 6.61 Å². The van der Waals surface area contributed by atoms with Crippen LogP contribution in [-0.4, -0.2) is 13.7 Å². The van der Waals surface area contributed by atoms with Gasteiger partial charge in [-0.25, -0.2) is 0 Å². The first-order valence-corrected chi connectivity index (χ1v) is 7.03. The highest BCUT2D eigenvalue weighted by Gasteiger charge is 2.17. The van der Waals surface area contributed by atoms with E-state index in [-0.39, 0.29) is 6.04 Å². The van der Waals surface area contributed by atoms with Crippen LogP contribution in [0.1, 0.15) is 41.2 Å². The van der Waals surface area contributed by atoms with E-state index in [4.69, 9.17) is 9.15 Å². The molecule has 0 bridgehead atoms. The van der Waals surface area contributed by atoms with Crippen molar-refractivity contribution >= 4 is 0 Å². The van der Waals surface area contributed by atoms with Gasteiger partial charge in [0.15, 0.2) is 0 Å². The zero-order chi connectivity index (χ0) is 14.5. The molecule has 0 spiro atoms. The summed E-state index contributed by atoms with van der Waals surface area (Å²) >= 11 is 0. The molecule has 0 saturated heterocycles. The SMILES string of the molecule is CCNC(c1cc(C)cc(C)c1)c1ccc(COC)o1. The van der Waals surface area contributed by atoms with Gasteiger partial charge in [0.25, 0.3) is 0 Å². The average Bonchev–Trinajstić information content (AvgIpc) is 2.83. The number of furan rings is 1. The standard InChI is InChI=1S/C17H23NO2/c1-5-18-17(14-9-12(2)8-13(3)10-14)16-7-6-15(20-16)11-19-4/h6-10,17-18H,5,11H2,1-4H3. The van der Waals surface area contributed by atoms with Gasteiger partial charge in [0.05, 0.1) is 6.04 Å². The lowest BCUT2D eigenvalue weighted by Gasteiger charge is -2.17. The van der Waals surface area contributed by atoms with Crippen LogP contribution in [0.5, 0.6) is 0 Å². The molecule has 1 N–H and O–H groups in total. The summed E-state index contributed by atoms with van der Waals surface area (Å²) in [6, 6.07) is 10.7. The lowest BCUT2D eigenvalue weighted by molar-refractivity contribution is 0.162. The monoisotopic (exact) mass is 273 g/mol. The van der Waals surface area contributed by atoms with Crippen molar-refractivity contribution in [2.24, 2.45) is 0 Å². The van der Waals surface area contributed by atoms with Crippen molar-refractivity contribution in [3.05, 3.63) is 58.5 Å². The van der Waals surface area contributed by atoms with Gasteiger partial charge in [0.2, 0.25) is 0 Å². The van der Waals surface area contributed by atoms with Crippen LogP contribution in [0.25, 0.3) is 0 Å². The molecule has 0 aliphatic heterocycles. The van der Waals surface area contributed by atoms with Crippen LogP contribution in [0, 0.1) is 13.8 Å². The molecule has 0 saturated carbocycles. The first kappa shape index (κ1) is 14.8. The van der Waals surface area contributed by atoms with Crippen molar-refractivity contribution in [2.45, 2.75) is 33.4 Å². The summed E-state index contributed by atoms with van der Waals surface area (Å²) in [5.74, 6) is 1.79. The second-order valence-corrected chi connectivity index (χ2v) is 5.15. The molecule has 2 aromatic rings. The van der Waals surface area contributed by atoms with E-state index in [1.54, 1.807) is 7.11 Å². The number of rotatable bonds is 6. The third-order valence-electron chi connectivity index (χ3n) is 3.24. The van der Waals surface area contributed by atoms with Gasteiger partial charge < -0.3 is 14.5 Å². The second-order valence-electron chi connectivity index (χ2n) is 5.15. The Morgan fingerprint density at radius 3 is 2.45 bits per heavy atom. The Morgan fingerprint density at radius 1 is 1.15 bits per heavy atom. The molecule has 3 heteroatoms. The molecule has 0 amide bonds. The Morgan fingerprint density at radius 2 is 1.85 bits per heavy atom. The third kappa shape index (κ3) is 3.50. The number of methoxy groups -OCH3 is 1. The van der Waals surface area contributed by atoms with Crippen molar-refractivity contribution < 1.29 is 9.15 Å². The highest BCUT2D eigenvalue weighted by atomic mass is 16.5. The van der Waals surface area contributed by atoms with Crippen LogP contribution >= 0.6 is 0 Å². The minimum absolute atomic E-state index is 0.0872. The van der Waals surface area contributed by atoms with E-state index < -0.39 is 0 Å². The number of benzene rings is 1. The van der Waals surface area contributed by atoms with Crippen LogP contribution in [0.15, 0.2) is 34.7 Å². The van der Waals surface area contributed by atoms with Crippen molar-refractivity contribution in [1.29, 1.82) is 0 Å². The third-order valence-corrected chi connectivity index (χ3v) is 3.24. The number of hydrogen-bond acceptors (Lipinski definition) is 3. The molecule has 1 atom stereocenters. The minimum Gasteiger partial charge on any atom is -0.462 e. The maximum absolute atomic E-state index is 5.89. The van der Waals surface area contributed by atoms with Crippen LogP contribution in [0.2, 0.25) is 0 Å². The van der Waals surface area contributed by atoms with E-state index >= 15 is 0 Å². The molecule has 1 heterocycles. The Labute approximate surface area is 121 Å². The second kappa shape index (κ2) is 6.73. The van der Waals surface area contributed by atoms with E-state index in [0.717, 1.165) is 18.1 Å². The normalized spacial score (nSPS) is 12.6. The smallest absolute Gasteiger partial charge is 0.129 e. The number of nitrogens with one attached hydrogen (secondary N) is 1. The lowest BCUT2D eigenvalue weighted by Crippen LogP contribution is -2.21. The summed E-state index contributed by atoms with van der Waals surface area (Å²) in [5, 5.41) is 3.49. The van der Waals surface area contributed by atoms with Gasteiger partial charge in [0.1, 0.15) is 18.1 Å². The highest BCUT2D eigenvalue weighted by Crippen LogP contribution is 2.26. The summed E-state index contributed by atoms with van der Waals surface area (Å²) < 4.78 is 11.0. The fourth-order valence-electron chi connectivity index (χ4n) is 2.53. The number of aryl methyl sites for hydroxylation is 2. The molecule has 3 nitrogen and oxygen atoms in total. The topological polar surface area (TPSA) is 34.4 Å². The van der Waals surface area contributed by atoms with Crippen LogP contribution in [0.3, 0.4) is 0 Å². The molecule has 0 fully saturated rings. The van der Waals surface area contributed by atoms with Gasteiger partial charge in [-0.2, -0.15) is 0 Å². The zero-order valence-corrected chi connectivity index (χ0v) is 12.7. The largest absolute Gasteiger partial charge is 0.462 e. The molecule has 2 rings (SSSR count). The molecule has 1 aromatic carbocycles. The number of ether oxygens (including phenoxy) is 1. The Kier molecular flexibility index (Phi) is 4.99. The summed E-state index contributed by atoms with van der Waals surface area (Å²) in [5.41, 5.74) is 3.78. The van der Waals surface area contributed by atoms with Gasteiger partial charge in [-0.05, 0) is 38.1 Å². The molecule has 1 unspecified atom stereocenters. The first-order valence-electron chi connectivity index (χ1n) is 7.03. The fraction of sp³-hybridized carbons (Fsp3) is 0.412. The molecular weight excluding hydrogens is 250 g/mol. The van der Waals surface area contributed by atoms with Gasteiger partial charge in [-0.1, -0.05) is 36.2 Å². The minimum atomic E-state index is 0.0872. The highest BCUT2D eigenvalue weighted by molar-refractivity contribution is 5.34. The zero-order valence-electron chi connectivity index (χ0n) is 12.7. The summed E-state index contributed by atoms with van der Waals surface area (Å²) in [6.07, 6.45) is 0. The Bertz CT molecular complexity index is 540. The van der Waals surface area contributed by atoms with Crippen molar-refractivity contribution in [3.63, 3.8) is 0 Å². The van der Waals surface area contributed by atoms with E-state index in [1.165, 1.54) is 16.7 Å². The van der Waals surface area contributed by atoms with Crippen LogP contribution in [0.4, 0.5) is 0 Å². The molecule has 108 valence electrons. The van der Waals surface area contributed by atoms with Crippen LogP contribution < -0.4 is 5.32 Å². The summed E-state index contributed by atoms with van der Waals surface area (Å²) in [7, 11) is 1.67. The maximum Gasteiger partial charge on any atom is 0.129 e. The molecule has 1 aromatic heterocycles. The number of hydrogen-bond donors (Lipinski definition) is 1.